The van der Waals surface area contributed by atoms with Crippen molar-refractivity contribution >= 4 is 10.2 Å². The summed E-state index contributed by atoms with van der Waals surface area (Å²) >= 11 is 0. The molecule has 0 spiro atoms. The van der Waals surface area contributed by atoms with E-state index in [1.807, 2.05) is 0 Å². The average Bonchev–Trinajstić information content (AvgIpc) is 2.39. The third-order valence-corrected chi connectivity index (χ3v) is 5.40. The van der Waals surface area contributed by atoms with Crippen LogP contribution in [0.2, 0.25) is 0 Å². The summed E-state index contributed by atoms with van der Waals surface area (Å²) in [5.41, 5.74) is 5.61. The van der Waals surface area contributed by atoms with Gasteiger partial charge in [-0.25, -0.2) is 0 Å². The minimum Gasteiger partial charge on any atom is -0.380 e. The van der Waals surface area contributed by atoms with Crippen LogP contribution in [0.1, 0.15) is 25.7 Å². The molecule has 2 rings (SSSR count). The molecule has 0 aromatic rings. The molecule has 6 nitrogen and oxygen atoms in total. The predicted octanol–water partition coefficient (Wildman–Crippen LogP) is -0.329. The maximum Gasteiger partial charge on any atom is 0.279 e. The molecule has 0 aliphatic carbocycles. The molecular formula is C11H23N3O3S. The van der Waals surface area contributed by atoms with E-state index in [1.165, 1.54) is 4.31 Å². The van der Waals surface area contributed by atoms with E-state index in [4.69, 9.17) is 10.5 Å². The van der Waals surface area contributed by atoms with Gasteiger partial charge in [-0.05, 0) is 38.1 Å². The number of ether oxygens (including phenoxy) is 1. The van der Waals surface area contributed by atoms with E-state index in [1.54, 1.807) is 0 Å². The van der Waals surface area contributed by atoms with Crippen LogP contribution in [-0.4, -0.2) is 51.6 Å². The fourth-order valence-electron chi connectivity index (χ4n) is 2.50. The fraction of sp³-hybridized carbons (Fsp3) is 1.00. The predicted molar refractivity (Wildman–Crippen MR) is 69.2 cm³/mol. The van der Waals surface area contributed by atoms with E-state index in [0.29, 0.717) is 32.2 Å². The highest BCUT2D eigenvalue weighted by molar-refractivity contribution is 7.87. The Bertz CT molecular complexity index is 347. The molecule has 0 amide bonds. The molecule has 2 fully saturated rings. The average molecular weight is 277 g/mol. The van der Waals surface area contributed by atoms with Gasteiger partial charge in [-0.1, -0.05) is 0 Å². The molecule has 3 N–H and O–H groups in total. The maximum atomic E-state index is 12.2. The first kappa shape index (κ1) is 14.2. The first-order valence-electron chi connectivity index (χ1n) is 6.67. The van der Waals surface area contributed by atoms with Crippen LogP contribution in [0.5, 0.6) is 0 Å². The Morgan fingerprint density at radius 1 is 1.28 bits per heavy atom. The van der Waals surface area contributed by atoms with Gasteiger partial charge in [-0.15, -0.1) is 0 Å². The van der Waals surface area contributed by atoms with Crippen LogP contribution in [0.15, 0.2) is 0 Å². The van der Waals surface area contributed by atoms with Crippen molar-refractivity contribution in [2.24, 2.45) is 11.7 Å². The molecule has 2 saturated heterocycles. The van der Waals surface area contributed by atoms with Crippen LogP contribution in [0.25, 0.3) is 0 Å². The smallest absolute Gasteiger partial charge is 0.279 e. The number of hydrogen-bond donors (Lipinski definition) is 2. The van der Waals surface area contributed by atoms with Gasteiger partial charge in [0.25, 0.3) is 10.2 Å². The summed E-state index contributed by atoms with van der Waals surface area (Å²) in [5.74, 6) is 0.467. The number of hydrogen-bond acceptors (Lipinski definition) is 4. The van der Waals surface area contributed by atoms with Crippen molar-refractivity contribution in [3.05, 3.63) is 0 Å². The van der Waals surface area contributed by atoms with Crippen molar-refractivity contribution < 1.29 is 13.2 Å². The Balaban J connectivity index is 1.86. The molecule has 2 heterocycles. The minimum atomic E-state index is -3.35. The van der Waals surface area contributed by atoms with Crippen molar-refractivity contribution in [1.82, 2.24) is 9.03 Å². The van der Waals surface area contributed by atoms with E-state index in [-0.39, 0.29) is 6.04 Å². The SMILES string of the molecule is NCC1CCN(S(=O)(=O)NC2CCCOC2)CC1. The van der Waals surface area contributed by atoms with E-state index in [9.17, 15) is 8.42 Å². The molecule has 0 aromatic carbocycles. The molecule has 2 aliphatic rings. The monoisotopic (exact) mass is 277 g/mol. The molecule has 0 aromatic heterocycles. The molecule has 0 radical (unpaired) electrons. The summed E-state index contributed by atoms with van der Waals surface area (Å²) in [7, 11) is -3.35. The van der Waals surface area contributed by atoms with Crippen LogP contribution in [0.4, 0.5) is 0 Å². The van der Waals surface area contributed by atoms with Gasteiger partial charge in [0, 0.05) is 25.7 Å². The van der Waals surface area contributed by atoms with Gasteiger partial charge in [0.05, 0.1) is 6.61 Å². The highest BCUT2D eigenvalue weighted by Crippen LogP contribution is 2.18. The summed E-state index contributed by atoms with van der Waals surface area (Å²) in [4.78, 5) is 0. The van der Waals surface area contributed by atoms with E-state index in [2.05, 4.69) is 4.72 Å². The zero-order valence-corrected chi connectivity index (χ0v) is 11.5. The van der Waals surface area contributed by atoms with Gasteiger partial charge in [0.15, 0.2) is 0 Å². The van der Waals surface area contributed by atoms with E-state index >= 15 is 0 Å². The zero-order valence-electron chi connectivity index (χ0n) is 10.7. The molecule has 2 aliphatic heterocycles. The largest absolute Gasteiger partial charge is 0.380 e. The number of nitrogens with one attached hydrogen (secondary N) is 1. The number of nitrogens with zero attached hydrogens (tertiary/aromatic N) is 1. The first-order chi connectivity index (χ1) is 8.62. The molecule has 0 saturated carbocycles. The lowest BCUT2D eigenvalue weighted by Crippen LogP contribution is -2.50. The summed E-state index contributed by atoms with van der Waals surface area (Å²) in [6.45, 7) is 3.02. The van der Waals surface area contributed by atoms with Crippen LogP contribution in [-0.2, 0) is 14.9 Å². The Morgan fingerprint density at radius 2 is 2.00 bits per heavy atom. The van der Waals surface area contributed by atoms with Crippen LogP contribution < -0.4 is 10.5 Å². The van der Waals surface area contributed by atoms with Gasteiger partial charge >= 0.3 is 0 Å². The third kappa shape index (κ3) is 3.64. The Labute approximate surface area is 109 Å². The number of piperidine rings is 1. The van der Waals surface area contributed by atoms with Crippen molar-refractivity contribution in [2.45, 2.75) is 31.7 Å². The second-order valence-corrected chi connectivity index (χ2v) is 6.82. The molecule has 106 valence electrons. The van der Waals surface area contributed by atoms with Gasteiger partial charge < -0.3 is 10.5 Å². The van der Waals surface area contributed by atoms with Gasteiger partial charge in [-0.3, -0.25) is 0 Å². The lowest BCUT2D eigenvalue weighted by molar-refractivity contribution is 0.0766. The summed E-state index contributed by atoms with van der Waals surface area (Å²) in [6, 6.07) is -0.0732. The lowest BCUT2D eigenvalue weighted by Gasteiger charge is -2.32. The maximum absolute atomic E-state index is 12.2. The molecular weight excluding hydrogens is 254 g/mol. The molecule has 18 heavy (non-hydrogen) atoms. The van der Waals surface area contributed by atoms with Crippen LogP contribution >= 0.6 is 0 Å². The summed E-state index contributed by atoms with van der Waals surface area (Å²) in [5, 5.41) is 0. The number of nitrogens with two attached hydrogens (primary N) is 1. The van der Waals surface area contributed by atoms with Crippen LogP contribution in [0.3, 0.4) is 0 Å². The van der Waals surface area contributed by atoms with Crippen molar-refractivity contribution in [2.75, 3.05) is 32.8 Å². The molecule has 7 heteroatoms. The quantitative estimate of drug-likeness (QED) is 0.737. The highest BCUT2D eigenvalue weighted by Gasteiger charge is 2.29. The fourth-order valence-corrected chi connectivity index (χ4v) is 3.95. The Kier molecular flexibility index (Phi) is 4.97. The molecule has 1 unspecified atom stereocenters. The summed E-state index contributed by atoms with van der Waals surface area (Å²) in [6.07, 6.45) is 3.50. The van der Waals surface area contributed by atoms with Crippen molar-refractivity contribution in [3.63, 3.8) is 0 Å². The zero-order chi connectivity index (χ0) is 13.0. The molecule has 1 atom stereocenters. The van der Waals surface area contributed by atoms with Gasteiger partial charge in [0.2, 0.25) is 0 Å². The minimum absolute atomic E-state index is 0.0732. The normalized spacial score (nSPS) is 28.4. The van der Waals surface area contributed by atoms with E-state index in [0.717, 1.165) is 32.3 Å². The Morgan fingerprint density at radius 3 is 2.56 bits per heavy atom. The second kappa shape index (κ2) is 6.29. The summed E-state index contributed by atoms with van der Waals surface area (Å²) < 4.78 is 33.9. The van der Waals surface area contributed by atoms with Gasteiger partial charge in [-0.2, -0.15) is 17.4 Å². The Hall–Kier alpha value is -0.210. The second-order valence-electron chi connectivity index (χ2n) is 5.12. The topological polar surface area (TPSA) is 84.7 Å². The third-order valence-electron chi connectivity index (χ3n) is 3.72. The van der Waals surface area contributed by atoms with E-state index < -0.39 is 10.2 Å². The molecule has 0 bridgehead atoms. The first-order valence-corrected chi connectivity index (χ1v) is 8.11. The standard InChI is InChI=1S/C11H23N3O3S/c12-8-10-3-5-14(6-4-10)18(15,16)13-11-2-1-7-17-9-11/h10-11,13H,1-9,12H2. The highest BCUT2D eigenvalue weighted by atomic mass is 32.2. The van der Waals surface area contributed by atoms with Crippen molar-refractivity contribution in [3.8, 4) is 0 Å². The van der Waals surface area contributed by atoms with Gasteiger partial charge in [0.1, 0.15) is 0 Å². The number of rotatable bonds is 4. The lowest BCUT2D eigenvalue weighted by atomic mass is 9.99. The van der Waals surface area contributed by atoms with Crippen LogP contribution in [0, 0.1) is 5.92 Å². The van der Waals surface area contributed by atoms with Crippen molar-refractivity contribution in [1.29, 1.82) is 0 Å².